The largest absolute Gasteiger partial charge is 0.497 e. The molecule has 0 aliphatic heterocycles. The van der Waals surface area contributed by atoms with Crippen LogP contribution in [-0.2, 0) is 0 Å². The molecule has 0 fully saturated rings. The summed E-state index contributed by atoms with van der Waals surface area (Å²) in [6.07, 6.45) is 0. The van der Waals surface area contributed by atoms with Crippen LogP contribution in [0.3, 0.4) is 0 Å². The van der Waals surface area contributed by atoms with Gasteiger partial charge in [0.15, 0.2) is 0 Å². The Bertz CT molecular complexity index is 389. The predicted octanol–water partition coefficient (Wildman–Crippen LogP) is 2.16. The summed E-state index contributed by atoms with van der Waals surface area (Å²) >= 11 is 3.01. The van der Waals surface area contributed by atoms with Gasteiger partial charge in [0.05, 0.1) is 16.7 Å². The van der Waals surface area contributed by atoms with Crippen molar-refractivity contribution in [2.45, 2.75) is 0 Å². The van der Waals surface area contributed by atoms with E-state index >= 15 is 0 Å². The second kappa shape index (κ2) is 3.58. The fourth-order valence-corrected chi connectivity index (χ4v) is 1.26. The molecule has 0 unspecified atom stereocenters. The van der Waals surface area contributed by atoms with Crippen molar-refractivity contribution in [1.82, 2.24) is 0 Å². The molecule has 0 saturated carbocycles. The monoisotopic (exact) mass is 233 g/mol. The molecule has 0 radical (unpaired) electrons. The van der Waals surface area contributed by atoms with E-state index < -0.39 is 13.0 Å². The van der Waals surface area contributed by atoms with Crippen molar-refractivity contribution in [3.05, 3.63) is 28.2 Å². The van der Waals surface area contributed by atoms with Crippen LogP contribution in [0, 0.1) is 0 Å². The minimum atomic E-state index is -2.54. The smallest absolute Gasteiger partial charge is 0.336 e. The molecule has 0 atom stereocenters. The minimum absolute atomic E-state index is 0.0490. The summed E-state index contributed by atoms with van der Waals surface area (Å²) in [6, 6.07) is 3.86. The Hall–Kier alpha value is -1.03. The molecule has 1 N–H and O–H groups in total. The lowest BCUT2D eigenvalue weighted by Gasteiger charge is -2.02. The van der Waals surface area contributed by atoms with E-state index in [4.69, 9.17) is 9.22 Å². The topological polar surface area (TPSA) is 46.5 Å². The SMILES string of the molecule is [2H]C([2H])([2H])Oc1ccc(C(=O)O)c(Br)c1. The average molecular weight is 234 g/mol. The summed E-state index contributed by atoms with van der Waals surface area (Å²) < 4.78 is 25.4. The second-order valence-corrected chi connectivity index (χ2v) is 2.90. The zero-order valence-corrected chi connectivity index (χ0v) is 7.46. The first-order valence-corrected chi connectivity index (χ1v) is 3.81. The molecule has 0 aliphatic rings. The molecule has 0 spiro atoms. The van der Waals surface area contributed by atoms with Gasteiger partial charge in [-0.05, 0) is 34.1 Å². The number of hydrogen-bond donors (Lipinski definition) is 1. The third kappa shape index (κ3) is 1.76. The van der Waals surface area contributed by atoms with Gasteiger partial charge in [0.1, 0.15) is 5.75 Å². The van der Waals surface area contributed by atoms with E-state index in [1.807, 2.05) is 0 Å². The van der Waals surface area contributed by atoms with E-state index in [-0.39, 0.29) is 15.8 Å². The van der Waals surface area contributed by atoms with Crippen molar-refractivity contribution in [3.8, 4) is 5.75 Å². The van der Waals surface area contributed by atoms with Crippen LogP contribution in [0.2, 0.25) is 0 Å². The molecule has 64 valence electrons. The highest BCUT2D eigenvalue weighted by molar-refractivity contribution is 9.10. The number of ether oxygens (including phenoxy) is 1. The van der Waals surface area contributed by atoms with Gasteiger partial charge in [0.2, 0.25) is 0 Å². The molecule has 1 rings (SSSR count). The Morgan fingerprint density at radius 1 is 1.75 bits per heavy atom. The van der Waals surface area contributed by atoms with E-state index in [9.17, 15) is 4.79 Å². The highest BCUT2D eigenvalue weighted by Gasteiger charge is 2.07. The Labute approximate surface area is 82.3 Å². The minimum Gasteiger partial charge on any atom is -0.497 e. The van der Waals surface area contributed by atoms with Crippen molar-refractivity contribution in [3.63, 3.8) is 0 Å². The maximum Gasteiger partial charge on any atom is 0.336 e. The summed E-state index contributed by atoms with van der Waals surface area (Å²) in [5, 5.41) is 8.71. The molecule has 0 aromatic heterocycles. The van der Waals surface area contributed by atoms with Gasteiger partial charge in [-0.25, -0.2) is 4.79 Å². The lowest BCUT2D eigenvalue weighted by atomic mass is 10.2. The third-order valence-corrected chi connectivity index (χ3v) is 1.94. The van der Waals surface area contributed by atoms with Crippen LogP contribution in [0.5, 0.6) is 5.75 Å². The highest BCUT2D eigenvalue weighted by atomic mass is 79.9. The summed E-state index contributed by atoms with van der Waals surface area (Å²) in [4.78, 5) is 10.6. The molecule has 4 heteroatoms. The Morgan fingerprint density at radius 3 is 3.00 bits per heavy atom. The molecule has 0 aliphatic carbocycles. The molecular weight excluding hydrogens is 224 g/mol. The first-order valence-electron chi connectivity index (χ1n) is 4.51. The molecule has 0 saturated heterocycles. The number of methoxy groups -OCH3 is 1. The van der Waals surface area contributed by atoms with E-state index in [0.717, 1.165) is 0 Å². The van der Waals surface area contributed by atoms with Crippen LogP contribution >= 0.6 is 15.9 Å². The summed E-state index contributed by atoms with van der Waals surface area (Å²) in [5.41, 5.74) is 0.0490. The summed E-state index contributed by atoms with van der Waals surface area (Å²) in [6.45, 7) is 0. The molecule has 3 nitrogen and oxygen atoms in total. The number of carboxylic acids is 1. The summed E-state index contributed by atoms with van der Waals surface area (Å²) in [7, 11) is -2.54. The first kappa shape index (κ1) is 5.59. The Kier molecular flexibility index (Phi) is 1.67. The zero-order chi connectivity index (χ0) is 11.6. The van der Waals surface area contributed by atoms with Crippen molar-refractivity contribution < 1.29 is 18.8 Å². The lowest BCUT2D eigenvalue weighted by Crippen LogP contribution is -1.97. The number of aromatic carboxylic acids is 1. The van der Waals surface area contributed by atoms with E-state index in [1.165, 1.54) is 18.2 Å². The van der Waals surface area contributed by atoms with E-state index in [1.54, 1.807) is 0 Å². The number of carbonyl (C=O) groups is 1. The predicted molar refractivity (Wildman–Crippen MR) is 47.7 cm³/mol. The zero-order valence-electron chi connectivity index (χ0n) is 8.87. The second-order valence-electron chi connectivity index (χ2n) is 2.05. The molecule has 12 heavy (non-hydrogen) atoms. The number of carboxylic acid groups (broad SMARTS) is 1. The van der Waals surface area contributed by atoms with Crippen molar-refractivity contribution in [2.75, 3.05) is 7.04 Å². The van der Waals surface area contributed by atoms with Crippen LogP contribution in [0.15, 0.2) is 22.7 Å². The van der Waals surface area contributed by atoms with Crippen LogP contribution < -0.4 is 4.74 Å². The van der Waals surface area contributed by atoms with Crippen LogP contribution in [0.4, 0.5) is 0 Å². The first-order chi connectivity index (χ1) is 6.79. The number of halogens is 1. The molecule has 0 heterocycles. The fourth-order valence-electron chi connectivity index (χ4n) is 0.733. The Balaban J connectivity index is 2.97. The van der Waals surface area contributed by atoms with Gasteiger partial charge in [-0.1, -0.05) is 0 Å². The maximum absolute atomic E-state index is 10.6. The van der Waals surface area contributed by atoms with Gasteiger partial charge in [0.25, 0.3) is 0 Å². The summed E-state index contributed by atoms with van der Waals surface area (Å²) in [5.74, 6) is -1.01. The number of rotatable bonds is 2. The van der Waals surface area contributed by atoms with Gasteiger partial charge in [-0.3, -0.25) is 0 Å². The quantitative estimate of drug-likeness (QED) is 0.852. The number of benzene rings is 1. The van der Waals surface area contributed by atoms with Crippen molar-refractivity contribution in [2.24, 2.45) is 0 Å². The van der Waals surface area contributed by atoms with Gasteiger partial charge < -0.3 is 9.84 Å². The van der Waals surface area contributed by atoms with Gasteiger partial charge in [-0.15, -0.1) is 0 Å². The van der Waals surface area contributed by atoms with Gasteiger partial charge >= 0.3 is 5.97 Å². The van der Waals surface area contributed by atoms with Crippen LogP contribution in [-0.4, -0.2) is 18.1 Å². The molecular formula is C8H7BrO3. The third-order valence-electron chi connectivity index (χ3n) is 1.29. The molecule has 0 amide bonds. The number of hydrogen-bond acceptors (Lipinski definition) is 2. The fraction of sp³-hybridized carbons (Fsp3) is 0.125. The normalized spacial score (nSPS) is 14.2. The van der Waals surface area contributed by atoms with Gasteiger partial charge in [0, 0.05) is 4.47 Å². The van der Waals surface area contributed by atoms with Crippen molar-refractivity contribution in [1.29, 1.82) is 0 Å². The highest BCUT2D eigenvalue weighted by Crippen LogP contribution is 2.22. The van der Waals surface area contributed by atoms with Crippen molar-refractivity contribution >= 4 is 21.9 Å². The van der Waals surface area contributed by atoms with Gasteiger partial charge in [-0.2, -0.15) is 0 Å². The maximum atomic E-state index is 10.6. The molecule has 1 aromatic rings. The Morgan fingerprint density at radius 2 is 2.50 bits per heavy atom. The van der Waals surface area contributed by atoms with E-state index in [2.05, 4.69) is 20.7 Å². The molecule has 0 bridgehead atoms. The van der Waals surface area contributed by atoms with Crippen LogP contribution in [0.25, 0.3) is 0 Å². The average Bonchev–Trinajstić information content (AvgIpc) is 1.99. The lowest BCUT2D eigenvalue weighted by molar-refractivity contribution is 0.0696. The van der Waals surface area contributed by atoms with Crippen LogP contribution in [0.1, 0.15) is 14.5 Å². The standard InChI is InChI=1S/C8H7BrO3/c1-12-5-2-3-6(8(10)11)7(9)4-5/h2-4H,1H3,(H,10,11)/i1D3. The molecule has 1 aromatic carbocycles. The van der Waals surface area contributed by atoms with E-state index in [0.29, 0.717) is 0 Å².